The molecule has 1 atom stereocenters. The van der Waals surface area contributed by atoms with Crippen molar-refractivity contribution >= 4 is 27.8 Å². The first kappa shape index (κ1) is 15.6. The molecule has 0 saturated heterocycles. The van der Waals surface area contributed by atoms with Gasteiger partial charge in [0.2, 0.25) is 5.91 Å². The molecular formula is C13H15BrFNO3. The third-order valence-electron chi connectivity index (χ3n) is 2.37. The number of nitrogens with one attached hydrogen (secondary N) is 1. The van der Waals surface area contributed by atoms with E-state index in [0.29, 0.717) is 10.0 Å². The summed E-state index contributed by atoms with van der Waals surface area (Å²) in [5.74, 6) is -1.27. The van der Waals surface area contributed by atoms with E-state index >= 15 is 0 Å². The Kier molecular flexibility index (Phi) is 5.95. The number of carbonyl (C=O) groups is 2. The van der Waals surface area contributed by atoms with Crippen LogP contribution in [0.2, 0.25) is 0 Å². The zero-order valence-corrected chi connectivity index (χ0v) is 12.3. The average molecular weight is 332 g/mol. The summed E-state index contributed by atoms with van der Waals surface area (Å²) in [4.78, 5) is 23.0. The van der Waals surface area contributed by atoms with Gasteiger partial charge in [0.05, 0.1) is 17.5 Å². The number of amides is 1. The van der Waals surface area contributed by atoms with Gasteiger partial charge >= 0.3 is 5.97 Å². The highest BCUT2D eigenvalue weighted by Gasteiger charge is 2.16. The minimum Gasteiger partial charge on any atom is -0.464 e. The molecule has 0 aliphatic carbocycles. The Morgan fingerprint density at radius 3 is 2.74 bits per heavy atom. The van der Waals surface area contributed by atoms with Gasteiger partial charge in [-0.05, 0) is 47.5 Å². The highest BCUT2D eigenvalue weighted by Crippen LogP contribution is 2.16. The van der Waals surface area contributed by atoms with E-state index in [-0.39, 0.29) is 18.9 Å². The molecule has 0 spiro atoms. The van der Waals surface area contributed by atoms with Crippen molar-refractivity contribution in [2.75, 3.05) is 6.61 Å². The molecular weight excluding hydrogens is 317 g/mol. The molecule has 0 saturated carbocycles. The summed E-state index contributed by atoms with van der Waals surface area (Å²) in [6.45, 7) is 3.49. The summed E-state index contributed by atoms with van der Waals surface area (Å²) in [5.41, 5.74) is 0.536. The SMILES string of the molecule is CCOC(=O)[C@@H](C)NC(=O)Cc1ccc(Br)c(F)c1. The number of rotatable bonds is 5. The molecule has 19 heavy (non-hydrogen) atoms. The number of benzene rings is 1. The van der Waals surface area contributed by atoms with Crippen LogP contribution in [0, 0.1) is 5.82 Å². The van der Waals surface area contributed by atoms with Crippen molar-refractivity contribution in [3.8, 4) is 0 Å². The van der Waals surface area contributed by atoms with E-state index in [4.69, 9.17) is 4.74 Å². The third kappa shape index (κ3) is 4.98. The standard InChI is InChI=1S/C13H15BrFNO3/c1-3-19-13(18)8(2)16-12(17)7-9-4-5-10(14)11(15)6-9/h4-6,8H,3,7H2,1-2H3,(H,16,17)/t8-/m1/s1. The second-order valence-electron chi connectivity index (χ2n) is 3.97. The molecule has 1 amide bonds. The van der Waals surface area contributed by atoms with Crippen molar-refractivity contribution in [1.82, 2.24) is 5.32 Å². The number of hydrogen-bond acceptors (Lipinski definition) is 3. The van der Waals surface area contributed by atoms with Crippen molar-refractivity contribution in [3.63, 3.8) is 0 Å². The maximum absolute atomic E-state index is 13.3. The van der Waals surface area contributed by atoms with Crippen molar-refractivity contribution in [2.45, 2.75) is 26.3 Å². The average Bonchev–Trinajstić information content (AvgIpc) is 2.34. The van der Waals surface area contributed by atoms with Crippen molar-refractivity contribution in [3.05, 3.63) is 34.1 Å². The third-order valence-corrected chi connectivity index (χ3v) is 3.01. The van der Waals surface area contributed by atoms with Gasteiger partial charge in [0, 0.05) is 0 Å². The molecule has 104 valence electrons. The van der Waals surface area contributed by atoms with E-state index in [1.807, 2.05) is 0 Å². The van der Waals surface area contributed by atoms with E-state index < -0.39 is 17.8 Å². The van der Waals surface area contributed by atoms with Gasteiger partial charge in [-0.25, -0.2) is 9.18 Å². The number of esters is 1. The maximum atomic E-state index is 13.3. The van der Waals surface area contributed by atoms with Crippen LogP contribution < -0.4 is 5.32 Å². The summed E-state index contributed by atoms with van der Waals surface area (Å²) >= 11 is 3.04. The van der Waals surface area contributed by atoms with Crippen LogP contribution in [0.3, 0.4) is 0 Å². The van der Waals surface area contributed by atoms with Crippen molar-refractivity contribution in [2.24, 2.45) is 0 Å². The second-order valence-corrected chi connectivity index (χ2v) is 4.82. The Morgan fingerprint density at radius 1 is 1.47 bits per heavy atom. The Morgan fingerprint density at radius 2 is 2.16 bits per heavy atom. The number of carbonyl (C=O) groups excluding carboxylic acids is 2. The Labute approximate surface area is 119 Å². The lowest BCUT2D eigenvalue weighted by atomic mass is 10.1. The first-order valence-electron chi connectivity index (χ1n) is 5.84. The molecule has 1 aromatic carbocycles. The highest BCUT2D eigenvalue weighted by molar-refractivity contribution is 9.10. The van der Waals surface area contributed by atoms with Crippen LogP contribution in [0.15, 0.2) is 22.7 Å². The molecule has 1 aromatic rings. The molecule has 4 nitrogen and oxygen atoms in total. The van der Waals surface area contributed by atoms with E-state index in [1.54, 1.807) is 13.0 Å². The molecule has 6 heteroatoms. The smallest absolute Gasteiger partial charge is 0.328 e. The Balaban J connectivity index is 2.55. The van der Waals surface area contributed by atoms with Crippen molar-refractivity contribution < 1.29 is 18.7 Å². The summed E-state index contributed by atoms with van der Waals surface area (Å²) in [7, 11) is 0. The summed E-state index contributed by atoms with van der Waals surface area (Å²) < 4.78 is 18.4. The molecule has 0 aliphatic heterocycles. The van der Waals surface area contributed by atoms with Gasteiger partial charge in [0.25, 0.3) is 0 Å². The topological polar surface area (TPSA) is 55.4 Å². The molecule has 0 aliphatic rings. The zero-order chi connectivity index (χ0) is 14.4. The maximum Gasteiger partial charge on any atom is 0.328 e. The molecule has 0 bridgehead atoms. The van der Waals surface area contributed by atoms with Gasteiger partial charge in [-0.3, -0.25) is 4.79 Å². The number of hydrogen-bond donors (Lipinski definition) is 1. The predicted molar refractivity (Wildman–Crippen MR) is 72.0 cm³/mol. The fourth-order valence-electron chi connectivity index (χ4n) is 1.45. The Bertz CT molecular complexity index is 479. The molecule has 1 rings (SSSR count). The quantitative estimate of drug-likeness (QED) is 0.841. The lowest BCUT2D eigenvalue weighted by Crippen LogP contribution is -2.40. The summed E-state index contributed by atoms with van der Waals surface area (Å²) in [6.07, 6.45) is 0.00788. The van der Waals surface area contributed by atoms with Gasteiger partial charge in [-0.2, -0.15) is 0 Å². The molecule has 1 N–H and O–H groups in total. The van der Waals surface area contributed by atoms with Crippen LogP contribution in [0.1, 0.15) is 19.4 Å². The lowest BCUT2D eigenvalue weighted by Gasteiger charge is -2.12. The summed E-state index contributed by atoms with van der Waals surface area (Å²) in [6, 6.07) is 3.74. The Hall–Kier alpha value is -1.43. The van der Waals surface area contributed by atoms with Crippen LogP contribution >= 0.6 is 15.9 Å². The molecule has 0 fully saturated rings. The number of ether oxygens (including phenoxy) is 1. The zero-order valence-electron chi connectivity index (χ0n) is 10.7. The van der Waals surface area contributed by atoms with E-state index in [1.165, 1.54) is 19.1 Å². The van der Waals surface area contributed by atoms with Crippen LogP contribution in [0.5, 0.6) is 0 Å². The molecule has 0 radical (unpaired) electrons. The van der Waals surface area contributed by atoms with Crippen LogP contribution in [-0.4, -0.2) is 24.5 Å². The molecule has 0 unspecified atom stereocenters. The van der Waals surface area contributed by atoms with Gasteiger partial charge in [-0.15, -0.1) is 0 Å². The van der Waals surface area contributed by atoms with E-state index in [2.05, 4.69) is 21.2 Å². The van der Waals surface area contributed by atoms with Crippen LogP contribution in [-0.2, 0) is 20.7 Å². The van der Waals surface area contributed by atoms with Gasteiger partial charge < -0.3 is 10.1 Å². The van der Waals surface area contributed by atoms with Crippen molar-refractivity contribution in [1.29, 1.82) is 0 Å². The monoisotopic (exact) mass is 331 g/mol. The predicted octanol–water partition coefficient (Wildman–Crippen LogP) is 2.20. The van der Waals surface area contributed by atoms with Gasteiger partial charge in [0.15, 0.2) is 0 Å². The second kappa shape index (κ2) is 7.23. The highest BCUT2D eigenvalue weighted by atomic mass is 79.9. The lowest BCUT2D eigenvalue weighted by molar-refractivity contribution is -0.146. The first-order valence-corrected chi connectivity index (χ1v) is 6.63. The largest absolute Gasteiger partial charge is 0.464 e. The number of halogens is 2. The fraction of sp³-hybridized carbons (Fsp3) is 0.385. The minimum absolute atomic E-state index is 0.00788. The van der Waals surface area contributed by atoms with Gasteiger partial charge in [-0.1, -0.05) is 6.07 Å². The van der Waals surface area contributed by atoms with E-state index in [9.17, 15) is 14.0 Å². The fourth-order valence-corrected chi connectivity index (χ4v) is 1.70. The van der Waals surface area contributed by atoms with Crippen LogP contribution in [0.4, 0.5) is 4.39 Å². The molecule has 0 aromatic heterocycles. The molecule has 0 heterocycles. The summed E-state index contributed by atoms with van der Waals surface area (Å²) in [5, 5.41) is 2.50. The normalized spacial score (nSPS) is 11.8. The van der Waals surface area contributed by atoms with Crippen LogP contribution in [0.25, 0.3) is 0 Å². The minimum atomic E-state index is -0.715. The van der Waals surface area contributed by atoms with E-state index in [0.717, 1.165) is 0 Å². The van der Waals surface area contributed by atoms with Gasteiger partial charge in [0.1, 0.15) is 11.9 Å². The first-order chi connectivity index (χ1) is 8.93.